The van der Waals surface area contributed by atoms with Gasteiger partial charge in [0, 0.05) is 12.6 Å². The molecule has 1 fully saturated rings. The Balaban J connectivity index is 1.82. The summed E-state index contributed by atoms with van der Waals surface area (Å²) in [5, 5.41) is 6.48. The summed E-state index contributed by atoms with van der Waals surface area (Å²) < 4.78 is 4.91. The highest BCUT2D eigenvalue weighted by Gasteiger charge is 2.26. The van der Waals surface area contributed by atoms with Crippen molar-refractivity contribution in [2.45, 2.75) is 20.3 Å². The van der Waals surface area contributed by atoms with Crippen molar-refractivity contribution in [2.24, 2.45) is 17.6 Å². The molecule has 0 aliphatic carbocycles. The van der Waals surface area contributed by atoms with Gasteiger partial charge in [-0.3, -0.25) is 9.69 Å². The summed E-state index contributed by atoms with van der Waals surface area (Å²) in [6.07, 6.45) is 1.10. The Labute approximate surface area is 113 Å². The lowest BCUT2D eigenvalue weighted by molar-refractivity contribution is -0.117. The molecule has 0 radical (unpaired) electrons. The fourth-order valence-corrected chi connectivity index (χ4v) is 2.49. The van der Waals surface area contributed by atoms with E-state index in [1.54, 1.807) is 13.0 Å². The van der Waals surface area contributed by atoms with Crippen molar-refractivity contribution in [3.8, 4) is 0 Å². The van der Waals surface area contributed by atoms with Crippen molar-refractivity contribution < 1.29 is 9.32 Å². The van der Waals surface area contributed by atoms with Gasteiger partial charge in [0.2, 0.25) is 5.91 Å². The molecule has 0 bridgehead atoms. The highest BCUT2D eigenvalue weighted by Crippen LogP contribution is 2.21. The molecule has 2 rings (SSSR count). The van der Waals surface area contributed by atoms with Crippen LogP contribution in [0, 0.1) is 18.8 Å². The Morgan fingerprint density at radius 3 is 3.11 bits per heavy atom. The molecule has 0 aromatic carbocycles. The average molecular weight is 266 g/mol. The topological polar surface area (TPSA) is 84.4 Å². The van der Waals surface area contributed by atoms with E-state index in [-0.39, 0.29) is 5.91 Å². The predicted molar refractivity (Wildman–Crippen MR) is 72.6 cm³/mol. The number of carbonyl (C=O) groups is 1. The van der Waals surface area contributed by atoms with E-state index in [1.807, 2.05) is 0 Å². The Morgan fingerprint density at radius 2 is 2.47 bits per heavy atom. The summed E-state index contributed by atoms with van der Waals surface area (Å²) in [6.45, 7) is 6.93. The largest absolute Gasteiger partial charge is 0.360 e. The smallest absolute Gasteiger partial charge is 0.239 e. The van der Waals surface area contributed by atoms with Crippen LogP contribution in [-0.2, 0) is 4.79 Å². The maximum atomic E-state index is 11.9. The average Bonchev–Trinajstić information content (AvgIpc) is 2.77. The lowest BCUT2D eigenvalue weighted by Crippen LogP contribution is -2.45. The van der Waals surface area contributed by atoms with Crippen molar-refractivity contribution in [1.29, 1.82) is 0 Å². The minimum absolute atomic E-state index is 0.0568. The highest BCUT2D eigenvalue weighted by molar-refractivity contribution is 5.91. The first-order chi connectivity index (χ1) is 9.08. The Morgan fingerprint density at radius 1 is 1.68 bits per heavy atom. The second-order valence-electron chi connectivity index (χ2n) is 5.37. The van der Waals surface area contributed by atoms with Crippen molar-refractivity contribution in [3.63, 3.8) is 0 Å². The summed E-state index contributed by atoms with van der Waals surface area (Å²) in [6, 6.07) is 1.71. The maximum absolute atomic E-state index is 11.9. The normalized spacial score (nSPS) is 24.4. The van der Waals surface area contributed by atoms with Crippen LogP contribution in [0.4, 0.5) is 5.82 Å². The molecule has 6 nitrogen and oxygen atoms in total. The van der Waals surface area contributed by atoms with Gasteiger partial charge < -0.3 is 15.6 Å². The fraction of sp³-hybridized carbons (Fsp3) is 0.692. The molecule has 1 aliphatic rings. The summed E-state index contributed by atoms with van der Waals surface area (Å²) in [7, 11) is 0. The maximum Gasteiger partial charge on any atom is 0.239 e. The molecular weight excluding hydrogens is 244 g/mol. The quantitative estimate of drug-likeness (QED) is 0.843. The number of hydrogen-bond donors (Lipinski definition) is 2. The van der Waals surface area contributed by atoms with Gasteiger partial charge >= 0.3 is 0 Å². The van der Waals surface area contributed by atoms with Gasteiger partial charge in [0.1, 0.15) is 5.76 Å². The third-order valence-corrected chi connectivity index (χ3v) is 3.76. The SMILES string of the molecule is Cc1cc(NC(=O)CN2CCC(C)C(CN)C2)no1. The predicted octanol–water partition coefficient (Wildman–Crippen LogP) is 0.838. The van der Waals surface area contributed by atoms with E-state index in [9.17, 15) is 4.79 Å². The van der Waals surface area contributed by atoms with E-state index >= 15 is 0 Å². The first kappa shape index (κ1) is 14.0. The molecule has 19 heavy (non-hydrogen) atoms. The Bertz CT molecular complexity index is 432. The van der Waals surface area contributed by atoms with Crippen molar-refractivity contribution in [2.75, 3.05) is 31.5 Å². The zero-order chi connectivity index (χ0) is 13.8. The highest BCUT2D eigenvalue weighted by atomic mass is 16.5. The number of nitrogens with zero attached hydrogens (tertiary/aromatic N) is 2. The van der Waals surface area contributed by atoms with E-state index in [4.69, 9.17) is 10.3 Å². The van der Waals surface area contributed by atoms with Crippen LogP contribution < -0.4 is 11.1 Å². The van der Waals surface area contributed by atoms with Crippen LogP contribution in [0.1, 0.15) is 19.1 Å². The summed E-state index contributed by atoms with van der Waals surface area (Å²) in [5.74, 6) is 2.23. The number of aryl methyl sites for hydroxylation is 1. The van der Waals surface area contributed by atoms with Gasteiger partial charge in [-0.1, -0.05) is 12.1 Å². The van der Waals surface area contributed by atoms with E-state index in [0.717, 1.165) is 19.5 Å². The minimum Gasteiger partial charge on any atom is -0.360 e. The van der Waals surface area contributed by atoms with Gasteiger partial charge in [-0.2, -0.15) is 0 Å². The van der Waals surface area contributed by atoms with Crippen LogP contribution in [0.2, 0.25) is 0 Å². The number of likely N-dealkylation sites (tertiary alicyclic amines) is 1. The minimum atomic E-state index is -0.0568. The van der Waals surface area contributed by atoms with Crippen LogP contribution in [0.25, 0.3) is 0 Å². The molecule has 0 spiro atoms. The van der Waals surface area contributed by atoms with Crippen molar-refractivity contribution >= 4 is 11.7 Å². The number of piperidine rings is 1. The van der Waals surface area contributed by atoms with Crippen LogP contribution in [0.15, 0.2) is 10.6 Å². The zero-order valence-electron chi connectivity index (χ0n) is 11.6. The molecule has 3 N–H and O–H groups in total. The number of anilines is 1. The third-order valence-electron chi connectivity index (χ3n) is 3.76. The summed E-state index contributed by atoms with van der Waals surface area (Å²) in [4.78, 5) is 14.1. The van der Waals surface area contributed by atoms with Crippen LogP contribution in [-0.4, -0.2) is 42.1 Å². The molecule has 1 aromatic rings. The molecule has 106 valence electrons. The van der Waals surface area contributed by atoms with Gasteiger partial charge in [-0.25, -0.2) is 0 Å². The molecule has 1 saturated heterocycles. The number of aromatic nitrogens is 1. The molecule has 0 saturated carbocycles. The van der Waals surface area contributed by atoms with Gasteiger partial charge in [-0.15, -0.1) is 0 Å². The monoisotopic (exact) mass is 266 g/mol. The molecule has 1 aliphatic heterocycles. The molecule has 1 aromatic heterocycles. The van der Waals surface area contributed by atoms with Gasteiger partial charge in [0.25, 0.3) is 0 Å². The summed E-state index contributed by atoms with van der Waals surface area (Å²) in [5.41, 5.74) is 5.76. The first-order valence-corrected chi connectivity index (χ1v) is 6.74. The Kier molecular flexibility index (Phi) is 4.55. The van der Waals surface area contributed by atoms with E-state index < -0.39 is 0 Å². The van der Waals surface area contributed by atoms with E-state index in [2.05, 4.69) is 22.3 Å². The standard InChI is InChI=1S/C13H22N4O2/c1-9-3-4-17(7-11(9)6-14)8-13(18)15-12-5-10(2)19-16-12/h5,9,11H,3-4,6-8,14H2,1-2H3,(H,15,16,18). The summed E-state index contributed by atoms with van der Waals surface area (Å²) >= 11 is 0. The van der Waals surface area contributed by atoms with E-state index in [1.165, 1.54) is 0 Å². The number of nitrogens with one attached hydrogen (secondary N) is 1. The van der Waals surface area contributed by atoms with E-state index in [0.29, 0.717) is 36.5 Å². The molecule has 2 atom stereocenters. The molecular formula is C13H22N4O2. The number of carbonyl (C=O) groups excluding carboxylic acids is 1. The second-order valence-corrected chi connectivity index (χ2v) is 5.37. The van der Waals surface area contributed by atoms with Crippen LogP contribution >= 0.6 is 0 Å². The molecule has 2 heterocycles. The molecule has 2 unspecified atom stereocenters. The van der Waals surface area contributed by atoms with Gasteiger partial charge in [-0.05, 0) is 38.3 Å². The van der Waals surface area contributed by atoms with Crippen molar-refractivity contribution in [1.82, 2.24) is 10.1 Å². The van der Waals surface area contributed by atoms with Crippen LogP contribution in [0.5, 0.6) is 0 Å². The lowest BCUT2D eigenvalue weighted by Gasteiger charge is -2.36. The zero-order valence-corrected chi connectivity index (χ0v) is 11.6. The number of nitrogens with two attached hydrogens (primary N) is 1. The lowest BCUT2D eigenvalue weighted by atomic mass is 9.87. The third kappa shape index (κ3) is 3.78. The number of hydrogen-bond acceptors (Lipinski definition) is 5. The Hall–Kier alpha value is -1.40. The van der Waals surface area contributed by atoms with Gasteiger partial charge in [0.05, 0.1) is 6.54 Å². The molecule has 6 heteroatoms. The number of rotatable bonds is 4. The van der Waals surface area contributed by atoms with Crippen LogP contribution in [0.3, 0.4) is 0 Å². The fourth-order valence-electron chi connectivity index (χ4n) is 2.49. The number of amides is 1. The van der Waals surface area contributed by atoms with Gasteiger partial charge in [0.15, 0.2) is 5.82 Å². The van der Waals surface area contributed by atoms with Crippen molar-refractivity contribution in [3.05, 3.63) is 11.8 Å². The molecule has 1 amide bonds. The first-order valence-electron chi connectivity index (χ1n) is 6.74. The second kappa shape index (κ2) is 6.16.